The first-order valence-electron chi connectivity index (χ1n) is 9.34. The molecular weight excluding hydrogens is 304 g/mol. The highest BCUT2D eigenvalue weighted by Gasteiger charge is 2.41. The number of aromatic amines is 1. The third-order valence-electron chi connectivity index (χ3n) is 6.01. The minimum atomic E-state index is -0.226. The number of nitrogens with one attached hydrogen (secondary N) is 1. The van der Waals surface area contributed by atoms with Crippen LogP contribution in [0.1, 0.15) is 44.2 Å². The van der Waals surface area contributed by atoms with Crippen LogP contribution in [0, 0.1) is 5.92 Å². The molecule has 1 spiro atoms. The van der Waals surface area contributed by atoms with E-state index in [2.05, 4.69) is 19.8 Å². The standard InChI is InChI=1S/C18H28N4O2/c23-17-10-18(24-9-8-22(17)12-15-2-1-3-15)4-6-21(7-5-18)13-16-11-19-14-20-16/h11,14-15H,1-10,12-13H2,(H,19,20). The van der Waals surface area contributed by atoms with Gasteiger partial charge in [0.1, 0.15) is 0 Å². The molecule has 0 atom stereocenters. The molecule has 3 aliphatic rings. The molecule has 1 saturated carbocycles. The van der Waals surface area contributed by atoms with Crippen molar-refractivity contribution in [2.24, 2.45) is 5.92 Å². The number of hydrogen-bond donors (Lipinski definition) is 1. The summed E-state index contributed by atoms with van der Waals surface area (Å²) in [7, 11) is 0. The van der Waals surface area contributed by atoms with Crippen LogP contribution in [0.15, 0.2) is 12.5 Å². The minimum Gasteiger partial charge on any atom is -0.373 e. The van der Waals surface area contributed by atoms with Gasteiger partial charge in [-0.05, 0) is 31.6 Å². The first-order valence-corrected chi connectivity index (χ1v) is 9.34. The SMILES string of the molecule is O=C1CC2(CCN(Cc3cnc[nH]3)CC2)OCCN1CC1CCC1. The summed E-state index contributed by atoms with van der Waals surface area (Å²) >= 11 is 0. The fourth-order valence-corrected chi connectivity index (χ4v) is 4.17. The lowest BCUT2D eigenvalue weighted by Crippen LogP contribution is -2.47. The molecule has 6 heteroatoms. The molecule has 6 nitrogen and oxygen atoms in total. The number of nitrogens with zero attached hydrogens (tertiary/aromatic N) is 3. The summed E-state index contributed by atoms with van der Waals surface area (Å²) < 4.78 is 6.24. The fraction of sp³-hybridized carbons (Fsp3) is 0.778. The Labute approximate surface area is 143 Å². The van der Waals surface area contributed by atoms with Crippen molar-refractivity contribution < 1.29 is 9.53 Å². The van der Waals surface area contributed by atoms with Crippen LogP contribution in [0.2, 0.25) is 0 Å². The van der Waals surface area contributed by atoms with Crippen LogP contribution in [0.4, 0.5) is 0 Å². The Morgan fingerprint density at radius 3 is 2.79 bits per heavy atom. The van der Waals surface area contributed by atoms with Crippen molar-refractivity contribution in [3.05, 3.63) is 18.2 Å². The van der Waals surface area contributed by atoms with Crippen LogP contribution in [0.5, 0.6) is 0 Å². The van der Waals surface area contributed by atoms with Crippen LogP contribution in [0.3, 0.4) is 0 Å². The third-order valence-corrected chi connectivity index (χ3v) is 6.01. The molecule has 1 aromatic heterocycles. The van der Waals surface area contributed by atoms with Gasteiger partial charge < -0.3 is 14.6 Å². The largest absolute Gasteiger partial charge is 0.373 e. The molecule has 1 amide bonds. The van der Waals surface area contributed by atoms with Crippen molar-refractivity contribution in [3.8, 4) is 0 Å². The summed E-state index contributed by atoms with van der Waals surface area (Å²) in [5, 5.41) is 0. The van der Waals surface area contributed by atoms with E-state index in [0.717, 1.165) is 57.2 Å². The predicted octanol–water partition coefficient (Wildman–Crippen LogP) is 1.79. The highest BCUT2D eigenvalue weighted by Crippen LogP contribution is 2.34. The lowest BCUT2D eigenvalue weighted by molar-refractivity contribution is -0.136. The molecule has 1 aliphatic carbocycles. The van der Waals surface area contributed by atoms with Crippen molar-refractivity contribution >= 4 is 5.91 Å². The second-order valence-electron chi connectivity index (χ2n) is 7.70. The number of ether oxygens (including phenoxy) is 1. The maximum absolute atomic E-state index is 12.7. The van der Waals surface area contributed by atoms with Gasteiger partial charge in [-0.2, -0.15) is 0 Å². The zero-order chi connectivity index (χ0) is 16.4. The summed E-state index contributed by atoms with van der Waals surface area (Å²) in [5.74, 6) is 1.04. The average molecular weight is 332 g/mol. The Morgan fingerprint density at radius 2 is 2.12 bits per heavy atom. The van der Waals surface area contributed by atoms with E-state index in [9.17, 15) is 4.79 Å². The van der Waals surface area contributed by atoms with Crippen LogP contribution in [0.25, 0.3) is 0 Å². The highest BCUT2D eigenvalue weighted by atomic mass is 16.5. The van der Waals surface area contributed by atoms with E-state index >= 15 is 0 Å². The van der Waals surface area contributed by atoms with Crippen molar-refractivity contribution in [1.82, 2.24) is 19.8 Å². The number of H-pyrrole nitrogens is 1. The number of aromatic nitrogens is 2. The van der Waals surface area contributed by atoms with Gasteiger partial charge in [0.2, 0.25) is 5.91 Å². The van der Waals surface area contributed by atoms with Crippen LogP contribution in [-0.4, -0.2) is 64.1 Å². The number of hydrogen-bond acceptors (Lipinski definition) is 4. The lowest BCUT2D eigenvalue weighted by Gasteiger charge is -2.40. The van der Waals surface area contributed by atoms with E-state index < -0.39 is 0 Å². The van der Waals surface area contributed by atoms with Crippen LogP contribution >= 0.6 is 0 Å². The molecule has 0 unspecified atom stereocenters. The first kappa shape index (κ1) is 16.1. The summed E-state index contributed by atoms with van der Waals surface area (Å²) in [6.45, 7) is 5.28. The highest BCUT2D eigenvalue weighted by molar-refractivity contribution is 5.77. The monoisotopic (exact) mass is 332 g/mol. The fourth-order valence-electron chi connectivity index (χ4n) is 4.17. The Balaban J connectivity index is 1.32. The summed E-state index contributed by atoms with van der Waals surface area (Å²) in [6.07, 6.45) is 9.99. The number of imidazole rings is 1. The molecule has 3 fully saturated rings. The Hall–Kier alpha value is -1.40. The van der Waals surface area contributed by atoms with Gasteiger partial charge in [-0.15, -0.1) is 0 Å². The second kappa shape index (κ2) is 6.84. The number of carbonyl (C=O) groups excluding carboxylic acids is 1. The maximum atomic E-state index is 12.7. The van der Waals surface area contributed by atoms with E-state index in [4.69, 9.17) is 4.74 Å². The number of piperidine rings is 1. The van der Waals surface area contributed by atoms with E-state index in [1.54, 1.807) is 6.33 Å². The lowest BCUT2D eigenvalue weighted by atomic mass is 9.84. The van der Waals surface area contributed by atoms with E-state index in [1.807, 2.05) is 6.20 Å². The first-order chi connectivity index (χ1) is 11.7. The van der Waals surface area contributed by atoms with Gasteiger partial charge in [0.25, 0.3) is 0 Å². The molecule has 0 radical (unpaired) electrons. The molecule has 3 heterocycles. The molecular formula is C18H28N4O2. The van der Waals surface area contributed by atoms with Crippen molar-refractivity contribution in [1.29, 1.82) is 0 Å². The Morgan fingerprint density at radius 1 is 1.29 bits per heavy atom. The Kier molecular flexibility index (Phi) is 4.59. The van der Waals surface area contributed by atoms with E-state index in [0.29, 0.717) is 18.9 Å². The molecule has 2 aliphatic heterocycles. The van der Waals surface area contributed by atoms with Gasteiger partial charge in [0.15, 0.2) is 0 Å². The van der Waals surface area contributed by atoms with Gasteiger partial charge >= 0.3 is 0 Å². The molecule has 2 saturated heterocycles. The van der Waals surface area contributed by atoms with Gasteiger partial charge in [0.05, 0.1) is 25.0 Å². The average Bonchev–Trinajstić information content (AvgIpc) is 2.99. The smallest absolute Gasteiger partial charge is 0.225 e. The summed E-state index contributed by atoms with van der Waals surface area (Å²) in [6, 6.07) is 0. The molecule has 0 bridgehead atoms. The molecule has 132 valence electrons. The quantitative estimate of drug-likeness (QED) is 0.913. The normalized spacial score (nSPS) is 25.7. The summed E-state index contributed by atoms with van der Waals surface area (Å²) in [4.78, 5) is 24.4. The molecule has 1 aromatic rings. The van der Waals surface area contributed by atoms with Gasteiger partial charge in [-0.1, -0.05) is 6.42 Å². The van der Waals surface area contributed by atoms with Crippen LogP contribution in [-0.2, 0) is 16.1 Å². The molecule has 24 heavy (non-hydrogen) atoms. The van der Waals surface area contributed by atoms with Gasteiger partial charge in [-0.25, -0.2) is 4.98 Å². The predicted molar refractivity (Wildman–Crippen MR) is 90.3 cm³/mol. The summed E-state index contributed by atoms with van der Waals surface area (Å²) in [5.41, 5.74) is 0.922. The maximum Gasteiger partial charge on any atom is 0.225 e. The van der Waals surface area contributed by atoms with Crippen molar-refractivity contribution in [2.45, 2.75) is 50.7 Å². The van der Waals surface area contributed by atoms with E-state index in [1.165, 1.54) is 19.3 Å². The molecule has 0 aromatic carbocycles. The Bertz CT molecular complexity index is 547. The molecule has 1 N–H and O–H groups in total. The van der Waals surface area contributed by atoms with Crippen LogP contribution < -0.4 is 0 Å². The number of carbonyl (C=O) groups is 1. The van der Waals surface area contributed by atoms with Crippen molar-refractivity contribution in [2.75, 3.05) is 32.8 Å². The van der Waals surface area contributed by atoms with Crippen molar-refractivity contribution in [3.63, 3.8) is 0 Å². The molecule has 4 rings (SSSR count). The minimum absolute atomic E-state index is 0.226. The topological polar surface area (TPSA) is 61.5 Å². The third kappa shape index (κ3) is 3.49. The van der Waals surface area contributed by atoms with Gasteiger partial charge in [-0.3, -0.25) is 9.69 Å². The zero-order valence-corrected chi connectivity index (χ0v) is 14.4. The number of likely N-dealkylation sites (tertiary alicyclic amines) is 1. The number of rotatable bonds is 4. The van der Waals surface area contributed by atoms with Gasteiger partial charge in [0, 0.05) is 44.6 Å². The zero-order valence-electron chi connectivity index (χ0n) is 14.4. The van der Waals surface area contributed by atoms with E-state index in [-0.39, 0.29) is 5.60 Å². The second-order valence-corrected chi connectivity index (χ2v) is 7.70. The number of amides is 1.